The average molecular weight is 242 g/mol. The van der Waals surface area contributed by atoms with Gasteiger partial charge in [-0.15, -0.1) is 0 Å². The molecule has 0 aromatic heterocycles. The zero-order chi connectivity index (χ0) is 11.9. The summed E-state index contributed by atoms with van der Waals surface area (Å²) < 4.78 is 10.8. The molecule has 0 fully saturated rings. The fraction of sp³-hybridized carbons (Fsp3) is 0.357. The lowest BCUT2D eigenvalue weighted by atomic mass is 10.0. The Morgan fingerprint density at radius 2 is 2.22 bits per heavy atom. The van der Waals surface area contributed by atoms with Crippen molar-refractivity contribution in [3.8, 4) is 0 Å². The number of fused-ring (bicyclic) bond motifs is 1. The van der Waals surface area contributed by atoms with Gasteiger partial charge in [-0.05, 0) is 30.7 Å². The van der Waals surface area contributed by atoms with Crippen molar-refractivity contribution < 1.29 is 9.47 Å². The highest BCUT2D eigenvalue weighted by molar-refractivity contribution is 6.08. The summed E-state index contributed by atoms with van der Waals surface area (Å²) >= 11 is 0. The normalized spacial score (nSPS) is 25.3. The molecule has 1 N–H and O–H groups in total. The van der Waals surface area contributed by atoms with Crippen LogP contribution in [0.25, 0.3) is 0 Å². The first kappa shape index (κ1) is 10.1. The number of ether oxygens (including phenoxy) is 2. The van der Waals surface area contributed by atoms with Gasteiger partial charge < -0.3 is 14.8 Å². The first-order valence-corrected chi connectivity index (χ1v) is 6.30. The van der Waals surface area contributed by atoms with Gasteiger partial charge in [-0.1, -0.05) is 6.08 Å². The van der Waals surface area contributed by atoms with E-state index in [4.69, 9.17) is 14.5 Å². The number of aliphatic imine (C=N–C) groups is 1. The van der Waals surface area contributed by atoms with Gasteiger partial charge in [0.2, 0.25) is 6.79 Å². The van der Waals surface area contributed by atoms with Crippen LogP contribution in [0.1, 0.15) is 12.8 Å². The maximum atomic E-state index is 5.43. The zero-order valence-corrected chi connectivity index (χ0v) is 10.0. The van der Waals surface area contributed by atoms with Crippen molar-refractivity contribution in [3.05, 3.63) is 46.6 Å². The Hall–Kier alpha value is -1.81. The fourth-order valence-corrected chi connectivity index (χ4v) is 2.63. The minimum atomic E-state index is 0.342. The van der Waals surface area contributed by atoms with Gasteiger partial charge in [-0.25, -0.2) is 0 Å². The average Bonchev–Trinajstić information content (AvgIpc) is 3.01. The summed E-state index contributed by atoms with van der Waals surface area (Å²) in [5, 5.41) is 3.32. The lowest BCUT2D eigenvalue weighted by Crippen LogP contribution is -2.20. The standard InChI is InChI=1S/C14H14N2O2/c1-3-15-4-2-9(1)11-5-10-6-13-14(18-8-17-13)7-12(10)16-11/h1,5-6,15H,2-4,7-8H2. The molecule has 0 amide bonds. The molecule has 18 heavy (non-hydrogen) atoms. The van der Waals surface area contributed by atoms with Gasteiger partial charge in [0.1, 0.15) is 5.76 Å². The first-order valence-electron chi connectivity index (χ1n) is 6.30. The molecule has 92 valence electrons. The first-order chi connectivity index (χ1) is 8.90. The van der Waals surface area contributed by atoms with Crippen LogP contribution >= 0.6 is 0 Å². The van der Waals surface area contributed by atoms with E-state index < -0.39 is 0 Å². The summed E-state index contributed by atoms with van der Waals surface area (Å²) in [5.41, 5.74) is 4.74. The summed E-state index contributed by atoms with van der Waals surface area (Å²) in [6, 6.07) is 0. The molecule has 0 atom stereocenters. The van der Waals surface area contributed by atoms with E-state index in [9.17, 15) is 0 Å². The quantitative estimate of drug-likeness (QED) is 0.762. The maximum absolute atomic E-state index is 5.43. The van der Waals surface area contributed by atoms with Crippen LogP contribution in [0.5, 0.6) is 0 Å². The van der Waals surface area contributed by atoms with Crippen LogP contribution < -0.4 is 5.32 Å². The van der Waals surface area contributed by atoms with Crippen LogP contribution in [0.4, 0.5) is 0 Å². The molecule has 0 aromatic rings. The second-order valence-corrected chi connectivity index (χ2v) is 4.74. The highest BCUT2D eigenvalue weighted by atomic mass is 16.7. The molecule has 0 saturated heterocycles. The van der Waals surface area contributed by atoms with E-state index >= 15 is 0 Å². The molecule has 0 spiro atoms. The lowest BCUT2D eigenvalue weighted by Gasteiger charge is -2.12. The molecule has 0 aromatic carbocycles. The van der Waals surface area contributed by atoms with Crippen LogP contribution in [0, 0.1) is 0 Å². The summed E-state index contributed by atoms with van der Waals surface area (Å²) in [7, 11) is 0. The van der Waals surface area contributed by atoms with Gasteiger partial charge in [0, 0.05) is 12.1 Å². The molecule has 3 aliphatic heterocycles. The number of nitrogens with one attached hydrogen (secondary N) is 1. The van der Waals surface area contributed by atoms with Crippen LogP contribution in [0.3, 0.4) is 0 Å². The summed E-state index contributed by atoms with van der Waals surface area (Å²) in [6.45, 7) is 2.32. The Morgan fingerprint density at radius 3 is 3.11 bits per heavy atom. The molecule has 1 aliphatic carbocycles. The second-order valence-electron chi connectivity index (χ2n) is 4.74. The van der Waals surface area contributed by atoms with E-state index in [1.807, 2.05) is 6.08 Å². The largest absolute Gasteiger partial charge is 0.458 e. The van der Waals surface area contributed by atoms with E-state index in [1.165, 1.54) is 11.1 Å². The SMILES string of the molecule is C1=C2C=C(C3=CCNCC3)N=C2CC2=C1OCO2. The van der Waals surface area contributed by atoms with Crippen LogP contribution in [-0.2, 0) is 9.47 Å². The van der Waals surface area contributed by atoms with Gasteiger partial charge in [0.15, 0.2) is 5.76 Å². The summed E-state index contributed by atoms with van der Waals surface area (Å²) in [6.07, 6.45) is 8.24. The minimum Gasteiger partial charge on any atom is -0.458 e. The van der Waals surface area contributed by atoms with Crippen molar-refractivity contribution in [2.75, 3.05) is 19.9 Å². The van der Waals surface area contributed by atoms with Crippen LogP contribution in [0.15, 0.2) is 51.6 Å². The van der Waals surface area contributed by atoms with E-state index in [0.29, 0.717) is 6.79 Å². The number of hydrogen-bond donors (Lipinski definition) is 1. The fourth-order valence-electron chi connectivity index (χ4n) is 2.63. The monoisotopic (exact) mass is 242 g/mol. The zero-order valence-electron chi connectivity index (χ0n) is 10.0. The van der Waals surface area contributed by atoms with Gasteiger partial charge >= 0.3 is 0 Å². The Bertz CT molecular complexity index is 564. The Labute approximate surface area is 105 Å². The lowest BCUT2D eigenvalue weighted by molar-refractivity contribution is 0.0741. The third-order valence-electron chi connectivity index (χ3n) is 3.61. The van der Waals surface area contributed by atoms with Crippen LogP contribution in [-0.4, -0.2) is 25.6 Å². The molecule has 0 unspecified atom stereocenters. The molecule has 0 bridgehead atoms. The Kier molecular flexibility index (Phi) is 2.17. The van der Waals surface area contributed by atoms with Crippen LogP contribution in [0.2, 0.25) is 0 Å². The van der Waals surface area contributed by atoms with E-state index in [2.05, 4.69) is 17.5 Å². The third kappa shape index (κ3) is 1.53. The molecule has 4 heteroatoms. The number of rotatable bonds is 1. The smallest absolute Gasteiger partial charge is 0.230 e. The summed E-state index contributed by atoms with van der Waals surface area (Å²) in [4.78, 5) is 4.74. The molecule has 3 heterocycles. The Morgan fingerprint density at radius 1 is 1.22 bits per heavy atom. The predicted octanol–water partition coefficient (Wildman–Crippen LogP) is 1.79. The van der Waals surface area contributed by atoms with E-state index in [0.717, 1.165) is 48.9 Å². The van der Waals surface area contributed by atoms with Crippen molar-refractivity contribution in [1.29, 1.82) is 0 Å². The van der Waals surface area contributed by atoms with Crippen molar-refractivity contribution in [1.82, 2.24) is 5.32 Å². The second kappa shape index (κ2) is 3.85. The van der Waals surface area contributed by atoms with Crippen molar-refractivity contribution >= 4 is 5.71 Å². The number of allylic oxidation sites excluding steroid dienone is 5. The highest BCUT2D eigenvalue weighted by Crippen LogP contribution is 2.34. The van der Waals surface area contributed by atoms with Crippen molar-refractivity contribution in [2.24, 2.45) is 4.99 Å². The maximum Gasteiger partial charge on any atom is 0.230 e. The molecule has 4 nitrogen and oxygen atoms in total. The van der Waals surface area contributed by atoms with Gasteiger partial charge in [0.25, 0.3) is 0 Å². The van der Waals surface area contributed by atoms with Gasteiger partial charge in [-0.3, -0.25) is 4.99 Å². The molecular formula is C14H14N2O2. The van der Waals surface area contributed by atoms with E-state index in [1.54, 1.807) is 0 Å². The van der Waals surface area contributed by atoms with Crippen molar-refractivity contribution in [3.63, 3.8) is 0 Å². The third-order valence-corrected chi connectivity index (χ3v) is 3.61. The van der Waals surface area contributed by atoms with E-state index in [-0.39, 0.29) is 0 Å². The number of nitrogens with zero attached hydrogens (tertiary/aromatic N) is 1. The number of hydrogen-bond acceptors (Lipinski definition) is 4. The van der Waals surface area contributed by atoms with Crippen molar-refractivity contribution in [2.45, 2.75) is 12.8 Å². The summed E-state index contributed by atoms with van der Waals surface area (Å²) in [5.74, 6) is 1.80. The highest BCUT2D eigenvalue weighted by Gasteiger charge is 2.28. The molecule has 0 saturated carbocycles. The molecule has 4 rings (SSSR count). The molecule has 0 radical (unpaired) electrons. The Balaban J connectivity index is 1.66. The molecule has 4 aliphatic rings. The van der Waals surface area contributed by atoms with Gasteiger partial charge in [0.05, 0.1) is 17.8 Å². The molecular weight excluding hydrogens is 228 g/mol. The predicted molar refractivity (Wildman–Crippen MR) is 67.9 cm³/mol. The van der Waals surface area contributed by atoms with Gasteiger partial charge in [-0.2, -0.15) is 0 Å². The minimum absolute atomic E-state index is 0.342. The topological polar surface area (TPSA) is 42.9 Å².